The first-order chi connectivity index (χ1) is 13.1. The van der Waals surface area contributed by atoms with E-state index in [4.69, 9.17) is 4.74 Å². The zero-order chi connectivity index (χ0) is 20.2. The molecule has 0 bridgehead atoms. The number of methoxy groups -OCH3 is 1. The van der Waals surface area contributed by atoms with E-state index >= 15 is 0 Å². The van der Waals surface area contributed by atoms with Gasteiger partial charge in [0.05, 0.1) is 20.2 Å². The predicted octanol–water partition coefficient (Wildman–Crippen LogP) is 5.16. The third kappa shape index (κ3) is 18.0. The molecule has 0 saturated carbocycles. The highest BCUT2D eigenvalue weighted by atomic mass is 16.5. The van der Waals surface area contributed by atoms with E-state index in [2.05, 4.69) is 23.9 Å². The average Bonchev–Trinajstić information content (AvgIpc) is 2.66. The molecule has 0 amide bonds. The average molecular weight is 386 g/mol. The Hall–Kier alpha value is -1.10. The van der Waals surface area contributed by atoms with E-state index in [1.165, 1.54) is 71.3 Å². The molecule has 0 aromatic heterocycles. The van der Waals surface area contributed by atoms with Crippen molar-refractivity contribution in [1.29, 1.82) is 0 Å². The van der Waals surface area contributed by atoms with Crippen molar-refractivity contribution < 1.29 is 19.1 Å². The molecular formula is C22H43NO4. The van der Waals surface area contributed by atoms with Gasteiger partial charge in [0.1, 0.15) is 6.10 Å². The summed E-state index contributed by atoms with van der Waals surface area (Å²) in [6, 6.07) is 0. The maximum Gasteiger partial charge on any atom is 0.320 e. The molecule has 27 heavy (non-hydrogen) atoms. The lowest BCUT2D eigenvalue weighted by atomic mass is 10.0. The van der Waals surface area contributed by atoms with Gasteiger partial charge in [-0.2, -0.15) is 0 Å². The molecule has 0 unspecified atom stereocenters. The van der Waals surface area contributed by atoms with Crippen LogP contribution in [-0.4, -0.2) is 38.2 Å². The molecule has 5 heteroatoms. The monoisotopic (exact) mass is 385 g/mol. The first-order valence-corrected chi connectivity index (χ1v) is 11.1. The van der Waals surface area contributed by atoms with Crippen LogP contribution in [0.4, 0.5) is 0 Å². The van der Waals surface area contributed by atoms with Crippen LogP contribution in [0.2, 0.25) is 0 Å². The second kappa shape index (κ2) is 19.7. The van der Waals surface area contributed by atoms with E-state index in [1.807, 2.05) is 0 Å². The van der Waals surface area contributed by atoms with E-state index in [-0.39, 0.29) is 31.1 Å². The lowest BCUT2D eigenvalue weighted by Gasteiger charge is -2.18. The van der Waals surface area contributed by atoms with Crippen LogP contribution in [0.15, 0.2) is 0 Å². The van der Waals surface area contributed by atoms with Crippen LogP contribution >= 0.6 is 0 Å². The van der Waals surface area contributed by atoms with Crippen molar-refractivity contribution in [3.05, 3.63) is 0 Å². The molecule has 0 heterocycles. The third-order valence-corrected chi connectivity index (χ3v) is 4.82. The Kier molecular flexibility index (Phi) is 18.9. The van der Waals surface area contributed by atoms with E-state index in [9.17, 15) is 9.59 Å². The fraction of sp³-hybridized carbons (Fsp3) is 0.909. The minimum absolute atomic E-state index is 0.00905. The molecule has 0 radical (unpaired) electrons. The number of rotatable bonds is 19. The summed E-state index contributed by atoms with van der Waals surface area (Å²) in [6.07, 6.45) is 16.8. The highest BCUT2D eigenvalue weighted by Crippen LogP contribution is 2.17. The summed E-state index contributed by atoms with van der Waals surface area (Å²) in [4.78, 5) is 23.1. The van der Waals surface area contributed by atoms with Crippen molar-refractivity contribution in [2.45, 2.75) is 110 Å². The van der Waals surface area contributed by atoms with E-state index in [0.29, 0.717) is 0 Å². The van der Waals surface area contributed by atoms with Gasteiger partial charge in [-0.25, -0.2) is 0 Å². The summed E-state index contributed by atoms with van der Waals surface area (Å²) in [6.45, 7) is 4.54. The Balaban J connectivity index is 4.08. The molecule has 0 spiro atoms. The first-order valence-electron chi connectivity index (χ1n) is 11.1. The van der Waals surface area contributed by atoms with E-state index < -0.39 is 0 Å². The van der Waals surface area contributed by atoms with Crippen LogP contribution in [0, 0.1) is 0 Å². The van der Waals surface area contributed by atoms with Crippen molar-refractivity contribution in [1.82, 2.24) is 5.32 Å². The van der Waals surface area contributed by atoms with Gasteiger partial charge in [-0.15, -0.1) is 0 Å². The maximum atomic E-state index is 12.0. The Morgan fingerprint density at radius 2 is 1.15 bits per heavy atom. The third-order valence-electron chi connectivity index (χ3n) is 4.82. The van der Waals surface area contributed by atoms with E-state index in [1.54, 1.807) is 0 Å². The van der Waals surface area contributed by atoms with Gasteiger partial charge in [0.25, 0.3) is 0 Å². The molecule has 0 aliphatic rings. The molecule has 0 atom stereocenters. The number of unbranched alkanes of at least 4 members (excludes halogenated alkanes) is 10. The van der Waals surface area contributed by atoms with E-state index in [0.717, 1.165) is 25.7 Å². The van der Waals surface area contributed by atoms with Gasteiger partial charge in [0.15, 0.2) is 0 Å². The van der Waals surface area contributed by atoms with Crippen molar-refractivity contribution in [3.8, 4) is 0 Å². The van der Waals surface area contributed by atoms with Crippen LogP contribution < -0.4 is 5.32 Å². The Morgan fingerprint density at radius 1 is 0.704 bits per heavy atom. The van der Waals surface area contributed by atoms with Crippen molar-refractivity contribution in [2.24, 2.45) is 0 Å². The zero-order valence-corrected chi connectivity index (χ0v) is 18.0. The summed E-state index contributed by atoms with van der Waals surface area (Å²) in [5, 5.41) is 2.77. The van der Waals surface area contributed by atoms with Gasteiger partial charge < -0.3 is 9.47 Å². The molecule has 0 aromatic rings. The number of nitrogens with one attached hydrogen (secondary N) is 1. The van der Waals surface area contributed by atoms with Gasteiger partial charge in [-0.1, -0.05) is 78.1 Å². The van der Waals surface area contributed by atoms with Crippen molar-refractivity contribution >= 4 is 11.9 Å². The summed E-state index contributed by atoms with van der Waals surface area (Å²) in [7, 11) is 1.33. The van der Waals surface area contributed by atoms with Crippen molar-refractivity contribution in [2.75, 3.05) is 20.2 Å². The SMILES string of the molecule is CCCCCCCCC(CCCCCCCC)OC(=O)CNCC(=O)OC. The standard InChI is InChI=1S/C22H43NO4/c1-4-6-8-10-12-14-16-20(17-15-13-11-9-7-5-2)27-22(25)19-23-18-21(24)26-3/h20,23H,4-19H2,1-3H3. The number of carbonyl (C=O) groups excluding carboxylic acids is 2. The summed E-state index contributed by atoms with van der Waals surface area (Å²) in [5.74, 6) is -0.653. The molecule has 1 N–H and O–H groups in total. The molecule has 0 saturated heterocycles. The van der Waals surface area contributed by atoms with Gasteiger partial charge in [-0.05, 0) is 25.7 Å². The van der Waals surface area contributed by atoms with Crippen LogP contribution in [0.25, 0.3) is 0 Å². The number of ether oxygens (including phenoxy) is 2. The highest BCUT2D eigenvalue weighted by molar-refractivity contribution is 5.74. The van der Waals surface area contributed by atoms with Gasteiger partial charge in [-0.3, -0.25) is 14.9 Å². The Morgan fingerprint density at radius 3 is 1.63 bits per heavy atom. The van der Waals surface area contributed by atoms with Crippen LogP contribution in [0.5, 0.6) is 0 Å². The fourth-order valence-corrected chi connectivity index (χ4v) is 3.13. The molecule has 160 valence electrons. The number of carbonyl (C=O) groups is 2. The van der Waals surface area contributed by atoms with Gasteiger partial charge >= 0.3 is 11.9 Å². The molecule has 0 fully saturated rings. The smallest absolute Gasteiger partial charge is 0.320 e. The lowest BCUT2D eigenvalue weighted by Crippen LogP contribution is -2.32. The normalized spacial score (nSPS) is 11.0. The molecule has 0 aliphatic carbocycles. The predicted molar refractivity (Wildman–Crippen MR) is 111 cm³/mol. The minimum Gasteiger partial charge on any atom is -0.468 e. The highest BCUT2D eigenvalue weighted by Gasteiger charge is 2.14. The largest absolute Gasteiger partial charge is 0.468 e. The number of hydrogen-bond acceptors (Lipinski definition) is 5. The van der Waals surface area contributed by atoms with Crippen molar-refractivity contribution in [3.63, 3.8) is 0 Å². The van der Waals surface area contributed by atoms with Crippen LogP contribution in [-0.2, 0) is 19.1 Å². The molecule has 5 nitrogen and oxygen atoms in total. The molecule has 0 aromatic carbocycles. The summed E-state index contributed by atoms with van der Waals surface area (Å²) < 4.78 is 10.2. The maximum absolute atomic E-state index is 12.0. The van der Waals surface area contributed by atoms with Gasteiger partial charge in [0, 0.05) is 0 Å². The fourth-order valence-electron chi connectivity index (χ4n) is 3.13. The first kappa shape index (κ1) is 25.9. The minimum atomic E-state index is -0.376. The summed E-state index contributed by atoms with van der Waals surface area (Å²) >= 11 is 0. The quantitative estimate of drug-likeness (QED) is 0.246. The molecule has 0 rings (SSSR count). The second-order valence-corrected chi connectivity index (χ2v) is 7.40. The summed E-state index contributed by atoms with van der Waals surface area (Å²) in [5.41, 5.74) is 0. The van der Waals surface area contributed by atoms with Crippen LogP contribution in [0.1, 0.15) is 104 Å². The number of hydrogen-bond donors (Lipinski definition) is 1. The lowest BCUT2D eigenvalue weighted by molar-refractivity contribution is -0.149. The second-order valence-electron chi connectivity index (χ2n) is 7.40. The molecule has 0 aliphatic heterocycles. The Labute approximate surface area is 167 Å². The molecular weight excluding hydrogens is 342 g/mol. The topological polar surface area (TPSA) is 64.6 Å². The zero-order valence-electron chi connectivity index (χ0n) is 18.0. The number of esters is 2. The van der Waals surface area contributed by atoms with Crippen LogP contribution in [0.3, 0.4) is 0 Å². The van der Waals surface area contributed by atoms with Gasteiger partial charge in [0.2, 0.25) is 0 Å². The Bertz CT molecular complexity index is 344.